The molecule has 1 spiro atoms. The Labute approximate surface area is 188 Å². The zero-order chi connectivity index (χ0) is 22.9. The summed E-state index contributed by atoms with van der Waals surface area (Å²) in [6.45, 7) is 1.43. The van der Waals surface area contributed by atoms with Crippen LogP contribution in [0.3, 0.4) is 0 Å². The average Bonchev–Trinajstić information content (AvgIpc) is 3.35. The number of hydrogen-bond acceptors (Lipinski definition) is 6. The van der Waals surface area contributed by atoms with Crippen LogP contribution in [-0.2, 0) is 14.3 Å². The molecule has 2 fully saturated rings. The van der Waals surface area contributed by atoms with Crippen molar-refractivity contribution in [1.82, 2.24) is 25.9 Å². The smallest absolute Gasteiger partial charge is 0.356 e. The number of rotatable bonds is 5. The minimum Gasteiger partial charge on any atom is -0.451 e. The molecule has 4 rings (SSSR count). The predicted molar refractivity (Wildman–Crippen MR) is 113 cm³/mol. The first-order valence-corrected chi connectivity index (χ1v) is 10.6. The van der Waals surface area contributed by atoms with Gasteiger partial charge in [-0.25, -0.2) is 9.59 Å². The van der Waals surface area contributed by atoms with Crippen LogP contribution in [0.15, 0.2) is 30.3 Å². The number of nitrogens with zero attached hydrogens (tertiary/aromatic N) is 2. The first-order chi connectivity index (χ1) is 15.3. The zero-order valence-corrected chi connectivity index (χ0v) is 18.1. The van der Waals surface area contributed by atoms with Gasteiger partial charge < -0.3 is 10.1 Å². The second-order valence-electron chi connectivity index (χ2n) is 8.12. The number of esters is 1. The number of nitrogens with one attached hydrogen (secondary N) is 3. The summed E-state index contributed by atoms with van der Waals surface area (Å²) >= 11 is 5.86. The molecule has 3 N–H and O–H groups in total. The van der Waals surface area contributed by atoms with Crippen LogP contribution in [0.2, 0.25) is 5.02 Å². The zero-order valence-electron chi connectivity index (χ0n) is 17.3. The number of ether oxygens (including phenoxy) is 1. The van der Waals surface area contributed by atoms with Crippen molar-refractivity contribution < 1.29 is 23.9 Å². The molecule has 0 bridgehead atoms. The van der Waals surface area contributed by atoms with Gasteiger partial charge in [0.2, 0.25) is 0 Å². The standard InChI is InChI=1S/C21H22ClN5O5/c1-12-6-8-21(9-7-12)19(30)27(20(31)23-21)26-17(28)11-32-18(29)16-10-15(24-25-16)13-2-4-14(22)5-3-13/h2-5,10,12H,6-9,11H2,1H3,(H,23,31)(H,24,25)(H,26,28). The molecule has 2 aromatic rings. The number of amides is 4. The molecule has 168 valence electrons. The highest BCUT2D eigenvalue weighted by Crippen LogP contribution is 2.35. The lowest BCUT2D eigenvalue weighted by Crippen LogP contribution is -2.52. The highest BCUT2D eigenvalue weighted by Gasteiger charge is 2.52. The lowest BCUT2D eigenvalue weighted by atomic mass is 9.77. The van der Waals surface area contributed by atoms with Crippen molar-refractivity contribution in [2.75, 3.05) is 6.61 Å². The molecule has 0 atom stereocenters. The number of benzene rings is 1. The molecule has 1 aliphatic carbocycles. The van der Waals surface area contributed by atoms with Gasteiger partial charge in [0.1, 0.15) is 11.2 Å². The Morgan fingerprint density at radius 3 is 2.62 bits per heavy atom. The Morgan fingerprint density at radius 1 is 1.25 bits per heavy atom. The number of carbonyl (C=O) groups is 4. The largest absolute Gasteiger partial charge is 0.451 e. The third-order valence-corrected chi connectivity index (χ3v) is 6.05. The Balaban J connectivity index is 1.31. The van der Waals surface area contributed by atoms with Crippen LogP contribution in [0.1, 0.15) is 43.1 Å². The van der Waals surface area contributed by atoms with Gasteiger partial charge in [0, 0.05) is 10.6 Å². The summed E-state index contributed by atoms with van der Waals surface area (Å²) in [6.07, 6.45) is 2.67. The van der Waals surface area contributed by atoms with E-state index in [9.17, 15) is 19.2 Å². The Hall–Kier alpha value is -3.40. The van der Waals surface area contributed by atoms with Gasteiger partial charge in [0.15, 0.2) is 6.61 Å². The third kappa shape index (κ3) is 4.31. The Morgan fingerprint density at radius 2 is 1.94 bits per heavy atom. The number of aromatic nitrogens is 2. The van der Waals surface area contributed by atoms with Gasteiger partial charge in [-0.3, -0.25) is 20.1 Å². The van der Waals surface area contributed by atoms with Crippen LogP contribution in [-0.4, -0.2) is 51.2 Å². The molecule has 1 saturated carbocycles. The fourth-order valence-corrected chi connectivity index (χ4v) is 4.00. The quantitative estimate of drug-likeness (QED) is 0.464. The summed E-state index contributed by atoms with van der Waals surface area (Å²) in [5.41, 5.74) is 2.55. The van der Waals surface area contributed by atoms with Crippen LogP contribution >= 0.6 is 11.6 Å². The maximum Gasteiger partial charge on any atom is 0.356 e. The number of carbonyl (C=O) groups excluding carboxylic acids is 4. The topological polar surface area (TPSA) is 133 Å². The van der Waals surface area contributed by atoms with Crippen molar-refractivity contribution >= 4 is 35.4 Å². The van der Waals surface area contributed by atoms with Crippen molar-refractivity contribution in [2.45, 2.75) is 38.1 Å². The van der Waals surface area contributed by atoms with Crippen LogP contribution < -0.4 is 10.7 Å². The van der Waals surface area contributed by atoms with Crippen LogP contribution in [0, 0.1) is 5.92 Å². The van der Waals surface area contributed by atoms with Gasteiger partial charge in [0.25, 0.3) is 11.8 Å². The molecule has 11 heteroatoms. The number of halogens is 1. The van der Waals surface area contributed by atoms with E-state index in [0.717, 1.165) is 18.4 Å². The number of imide groups is 1. The van der Waals surface area contributed by atoms with E-state index in [4.69, 9.17) is 16.3 Å². The SMILES string of the molecule is CC1CCC2(CC1)NC(=O)N(NC(=O)COC(=O)c1cc(-c3ccc(Cl)cc3)n[nH]1)C2=O. The summed E-state index contributed by atoms with van der Waals surface area (Å²) in [7, 11) is 0. The van der Waals surface area contributed by atoms with Crippen molar-refractivity contribution in [1.29, 1.82) is 0 Å². The molecule has 2 aliphatic rings. The molecule has 0 unspecified atom stereocenters. The summed E-state index contributed by atoms with van der Waals surface area (Å²) < 4.78 is 4.98. The van der Waals surface area contributed by atoms with E-state index in [1.54, 1.807) is 24.3 Å². The highest BCUT2D eigenvalue weighted by atomic mass is 35.5. The van der Waals surface area contributed by atoms with Gasteiger partial charge >= 0.3 is 12.0 Å². The first kappa shape index (κ1) is 21.8. The molecule has 32 heavy (non-hydrogen) atoms. The van der Waals surface area contributed by atoms with Crippen molar-refractivity contribution in [3.05, 3.63) is 41.0 Å². The summed E-state index contributed by atoms with van der Waals surface area (Å²) in [5.74, 6) is -1.62. The monoisotopic (exact) mass is 459 g/mol. The van der Waals surface area contributed by atoms with E-state index in [-0.39, 0.29) is 5.69 Å². The number of urea groups is 1. The Bertz CT molecular complexity index is 1060. The molecule has 2 heterocycles. The molecule has 10 nitrogen and oxygen atoms in total. The second-order valence-corrected chi connectivity index (χ2v) is 8.56. The predicted octanol–water partition coefficient (Wildman–Crippen LogP) is 2.42. The van der Waals surface area contributed by atoms with Gasteiger partial charge in [-0.05, 0) is 49.8 Å². The molecule has 1 aliphatic heterocycles. The van der Waals surface area contributed by atoms with Gasteiger partial charge in [-0.2, -0.15) is 10.1 Å². The lowest BCUT2D eigenvalue weighted by molar-refractivity contribution is -0.141. The van der Waals surface area contributed by atoms with E-state index < -0.39 is 36.0 Å². The van der Waals surface area contributed by atoms with E-state index in [2.05, 4.69) is 27.9 Å². The molecule has 1 aromatic carbocycles. The highest BCUT2D eigenvalue weighted by molar-refractivity contribution is 6.30. The molecule has 0 radical (unpaired) electrons. The summed E-state index contributed by atoms with van der Waals surface area (Å²) in [6, 6.07) is 7.68. The number of H-pyrrole nitrogens is 1. The van der Waals surface area contributed by atoms with Crippen molar-refractivity contribution in [3.63, 3.8) is 0 Å². The minimum absolute atomic E-state index is 0.0491. The summed E-state index contributed by atoms with van der Waals surface area (Å²) in [4.78, 5) is 49.4. The normalized spacial score (nSPS) is 22.7. The number of aromatic amines is 1. The van der Waals surface area contributed by atoms with Crippen molar-refractivity contribution in [3.8, 4) is 11.3 Å². The number of hydrazine groups is 1. The van der Waals surface area contributed by atoms with E-state index >= 15 is 0 Å². The molecular formula is C21H22ClN5O5. The third-order valence-electron chi connectivity index (χ3n) is 5.80. The van der Waals surface area contributed by atoms with Crippen LogP contribution in [0.5, 0.6) is 0 Å². The fraction of sp³-hybridized carbons (Fsp3) is 0.381. The average molecular weight is 460 g/mol. The van der Waals surface area contributed by atoms with E-state index in [0.29, 0.717) is 34.5 Å². The maximum absolute atomic E-state index is 12.8. The fourth-order valence-electron chi connectivity index (χ4n) is 3.88. The van der Waals surface area contributed by atoms with Gasteiger partial charge in [0.05, 0.1) is 5.69 Å². The minimum atomic E-state index is -0.971. The van der Waals surface area contributed by atoms with Gasteiger partial charge in [-0.15, -0.1) is 0 Å². The summed E-state index contributed by atoms with van der Waals surface area (Å²) in [5, 5.41) is 10.5. The van der Waals surface area contributed by atoms with Crippen molar-refractivity contribution in [2.24, 2.45) is 5.92 Å². The molecular weight excluding hydrogens is 438 g/mol. The first-order valence-electron chi connectivity index (χ1n) is 10.2. The molecule has 1 saturated heterocycles. The van der Waals surface area contributed by atoms with E-state index in [1.807, 2.05) is 0 Å². The van der Waals surface area contributed by atoms with Crippen LogP contribution in [0.25, 0.3) is 11.3 Å². The van der Waals surface area contributed by atoms with Gasteiger partial charge in [-0.1, -0.05) is 30.7 Å². The Kier molecular flexibility index (Phi) is 5.88. The molecule has 1 aromatic heterocycles. The number of hydrogen-bond donors (Lipinski definition) is 3. The van der Waals surface area contributed by atoms with E-state index in [1.165, 1.54) is 6.07 Å². The second kappa shape index (κ2) is 8.62. The lowest BCUT2D eigenvalue weighted by Gasteiger charge is -2.33. The van der Waals surface area contributed by atoms with Crippen LogP contribution in [0.4, 0.5) is 4.79 Å². The molecule has 4 amide bonds. The maximum atomic E-state index is 12.8.